The molecule has 2 N–H and O–H groups in total. The fourth-order valence-electron chi connectivity index (χ4n) is 3.96. The van der Waals surface area contributed by atoms with Crippen LogP contribution in [0.15, 0.2) is 65.7 Å². The number of benzene rings is 2. The molecule has 2 aromatic carbocycles. The monoisotopic (exact) mass is 553 g/mol. The van der Waals surface area contributed by atoms with Crippen molar-refractivity contribution in [3.63, 3.8) is 0 Å². The number of aryl methyl sites for hydroxylation is 2. The van der Waals surface area contributed by atoms with Crippen molar-refractivity contribution in [2.75, 3.05) is 29.9 Å². The first-order valence-corrected chi connectivity index (χ1v) is 12.5. The summed E-state index contributed by atoms with van der Waals surface area (Å²) in [4.78, 5) is 42.9. The van der Waals surface area contributed by atoms with E-state index in [1.807, 2.05) is 35.9 Å². The smallest absolute Gasteiger partial charge is 0.262 e. The summed E-state index contributed by atoms with van der Waals surface area (Å²) in [6, 6.07) is 12.5. The fourth-order valence-corrected chi connectivity index (χ4v) is 4.21. The van der Waals surface area contributed by atoms with Crippen molar-refractivity contribution in [3.8, 4) is 5.75 Å². The van der Waals surface area contributed by atoms with Crippen molar-refractivity contribution >= 4 is 45.0 Å². The molecule has 1 aliphatic heterocycles. The number of nitrogens with one attached hydrogen (secondary N) is 2. The summed E-state index contributed by atoms with van der Waals surface area (Å²) in [5, 5.41) is 5.73. The van der Waals surface area contributed by atoms with Gasteiger partial charge < -0.3 is 24.8 Å². The minimum Gasteiger partial charge on any atom is -0.484 e. The van der Waals surface area contributed by atoms with E-state index < -0.39 is 0 Å². The number of nitrogens with zero attached hydrogens (tertiary/aromatic N) is 3. The molecule has 188 valence electrons. The largest absolute Gasteiger partial charge is 0.484 e. The Hall–Kier alpha value is -3.66. The average Bonchev–Trinajstić information content (AvgIpc) is 3.53. The number of amides is 3. The number of aromatic nitrogens is 2. The van der Waals surface area contributed by atoms with Gasteiger partial charge in [-0.3, -0.25) is 14.4 Å². The number of carbonyl (C=O) groups is 3. The van der Waals surface area contributed by atoms with Gasteiger partial charge in [-0.05, 0) is 61.4 Å². The van der Waals surface area contributed by atoms with Gasteiger partial charge in [-0.25, -0.2) is 4.98 Å². The molecule has 1 fully saturated rings. The minimum absolute atomic E-state index is 0.0913. The Labute approximate surface area is 218 Å². The van der Waals surface area contributed by atoms with Gasteiger partial charge in [0, 0.05) is 54.3 Å². The van der Waals surface area contributed by atoms with Crippen LogP contribution in [0.25, 0.3) is 0 Å². The summed E-state index contributed by atoms with van der Waals surface area (Å²) in [5.41, 5.74) is 2.41. The molecule has 10 heteroatoms. The molecular weight excluding hydrogens is 526 g/mol. The van der Waals surface area contributed by atoms with Crippen LogP contribution < -0.4 is 20.3 Å². The third-order valence-electron chi connectivity index (χ3n) is 5.91. The Balaban J connectivity index is 1.22. The number of imidazole rings is 1. The molecule has 4 rings (SSSR count). The molecule has 1 aliphatic rings. The van der Waals surface area contributed by atoms with E-state index in [0.29, 0.717) is 30.2 Å². The van der Waals surface area contributed by atoms with E-state index >= 15 is 0 Å². The van der Waals surface area contributed by atoms with Gasteiger partial charge in [-0.1, -0.05) is 15.9 Å². The van der Waals surface area contributed by atoms with Crippen LogP contribution in [0.1, 0.15) is 18.4 Å². The maximum atomic E-state index is 12.5. The third kappa shape index (κ3) is 6.72. The lowest BCUT2D eigenvalue weighted by Gasteiger charge is -2.17. The predicted molar refractivity (Wildman–Crippen MR) is 140 cm³/mol. The minimum atomic E-state index is -0.382. The van der Waals surface area contributed by atoms with Gasteiger partial charge in [0.05, 0.1) is 12.2 Å². The average molecular weight is 554 g/mol. The number of rotatable bonds is 10. The van der Waals surface area contributed by atoms with Gasteiger partial charge in [-0.2, -0.15) is 0 Å². The summed E-state index contributed by atoms with van der Waals surface area (Å²) in [5.74, 6) is -0.337. The van der Waals surface area contributed by atoms with Crippen molar-refractivity contribution < 1.29 is 19.1 Å². The number of halogens is 1. The van der Waals surface area contributed by atoms with Crippen LogP contribution in [0, 0.1) is 12.8 Å². The second-order valence-corrected chi connectivity index (χ2v) is 9.50. The molecule has 1 saturated heterocycles. The van der Waals surface area contributed by atoms with Crippen molar-refractivity contribution in [2.24, 2.45) is 5.92 Å². The molecule has 1 aromatic heterocycles. The Kier molecular flexibility index (Phi) is 8.37. The first kappa shape index (κ1) is 25.4. The summed E-state index contributed by atoms with van der Waals surface area (Å²) >= 11 is 3.44. The Morgan fingerprint density at radius 1 is 1.19 bits per heavy atom. The topological polar surface area (TPSA) is 106 Å². The normalized spacial score (nSPS) is 15.1. The fraction of sp³-hybridized carbons (Fsp3) is 0.308. The van der Waals surface area contributed by atoms with E-state index in [1.165, 1.54) is 0 Å². The second-order valence-electron chi connectivity index (χ2n) is 8.65. The highest BCUT2D eigenvalue weighted by Crippen LogP contribution is 2.27. The van der Waals surface area contributed by atoms with E-state index in [4.69, 9.17) is 4.74 Å². The highest BCUT2D eigenvalue weighted by molar-refractivity contribution is 9.10. The third-order valence-corrected chi connectivity index (χ3v) is 6.80. The lowest BCUT2D eigenvalue weighted by molar-refractivity contribution is -0.126. The lowest BCUT2D eigenvalue weighted by Crippen LogP contribution is -2.33. The number of hydrogen-bond acceptors (Lipinski definition) is 5. The number of ether oxygens (including phenoxy) is 1. The molecule has 0 unspecified atom stereocenters. The van der Waals surface area contributed by atoms with Crippen molar-refractivity contribution in [1.29, 1.82) is 0 Å². The maximum Gasteiger partial charge on any atom is 0.262 e. The van der Waals surface area contributed by atoms with Gasteiger partial charge >= 0.3 is 0 Å². The number of anilines is 2. The Morgan fingerprint density at radius 3 is 2.72 bits per heavy atom. The van der Waals surface area contributed by atoms with Crippen LogP contribution in [-0.4, -0.2) is 47.0 Å². The van der Waals surface area contributed by atoms with Crippen LogP contribution in [-0.2, 0) is 20.9 Å². The molecule has 0 spiro atoms. The van der Waals surface area contributed by atoms with Crippen LogP contribution in [0.5, 0.6) is 5.75 Å². The molecule has 1 atom stereocenters. The standard InChI is InChI=1S/C26H28BrN5O4/c1-18-13-20(3-8-23(18)27)30-24(33)16-36-22-6-4-21(5-7-22)32-15-19(14-25(32)34)26(35)29-9-2-11-31-12-10-28-17-31/h3-8,10,12-13,17,19H,2,9,11,14-16H2,1H3,(H,29,35)(H,30,33)/t19-/m1/s1. The van der Waals surface area contributed by atoms with E-state index in [9.17, 15) is 14.4 Å². The SMILES string of the molecule is Cc1cc(NC(=O)COc2ccc(N3C[C@H](C(=O)NCCCn4ccnc4)CC3=O)cc2)ccc1Br. The van der Waals surface area contributed by atoms with Crippen molar-refractivity contribution in [1.82, 2.24) is 14.9 Å². The highest BCUT2D eigenvalue weighted by atomic mass is 79.9. The lowest BCUT2D eigenvalue weighted by atomic mass is 10.1. The molecule has 0 bridgehead atoms. The van der Waals surface area contributed by atoms with Crippen LogP contribution >= 0.6 is 15.9 Å². The van der Waals surface area contributed by atoms with Crippen molar-refractivity contribution in [2.45, 2.75) is 26.3 Å². The first-order chi connectivity index (χ1) is 17.4. The van der Waals surface area contributed by atoms with E-state index in [2.05, 4.69) is 31.5 Å². The number of carbonyl (C=O) groups excluding carboxylic acids is 3. The van der Waals surface area contributed by atoms with E-state index in [1.54, 1.807) is 41.7 Å². The van der Waals surface area contributed by atoms with Gasteiger partial charge in [0.1, 0.15) is 5.75 Å². The zero-order chi connectivity index (χ0) is 25.5. The summed E-state index contributed by atoms with van der Waals surface area (Å²) in [6.45, 7) is 3.46. The Bertz CT molecular complexity index is 1210. The van der Waals surface area contributed by atoms with Gasteiger partial charge in [0.15, 0.2) is 6.61 Å². The molecule has 0 saturated carbocycles. The molecule has 3 aromatic rings. The summed E-state index contributed by atoms with van der Waals surface area (Å²) in [7, 11) is 0. The molecule has 3 amide bonds. The molecule has 36 heavy (non-hydrogen) atoms. The van der Waals surface area contributed by atoms with Crippen molar-refractivity contribution in [3.05, 3.63) is 71.2 Å². The summed E-state index contributed by atoms with van der Waals surface area (Å²) in [6.07, 6.45) is 6.31. The zero-order valence-electron chi connectivity index (χ0n) is 19.9. The number of hydrogen-bond donors (Lipinski definition) is 2. The Morgan fingerprint density at radius 2 is 2.00 bits per heavy atom. The molecule has 0 aliphatic carbocycles. The van der Waals surface area contributed by atoms with E-state index in [-0.39, 0.29) is 36.7 Å². The first-order valence-electron chi connectivity index (χ1n) is 11.7. The maximum absolute atomic E-state index is 12.5. The van der Waals surface area contributed by atoms with Gasteiger partial charge in [-0.15, -0.1) is 0 Å². The zero-order valence-corrected chi connectivity index (χ0v) is 21.5. The molecule has 2 heterocycles. The highest BCUT2D eigenvalue weighted by Gasteiger charge is 2.34. The van der Waals surface area contributed by atoms with Gasteiger partial charge in [0.25, 0.3) is 5.91 Å². The summed E-state index contributed by atoms with van der Waals surface area (Å²) < 4.78 is 8.51. The van der Waals surface area contributed by atoms with Crippen LogP contribution in [0.2, 0.25) is 0 Å². The van der Waals surface area contributed by atoms with Crippen LogP contribution in [0.4, 0.5) is 11.4 Å². The molecule has 0 radical (unpaired) electrons. The van der Waals surface area contributed by atoms with E-state index in [0.717, 1.165) is 23.0 Å². The molecule has 9 nitrogen and oxygen atoms in total. The predicted octanol–water partition coefficient (Wildman–Crippen LogP) is 3.53. The molecular formula is C26H28BrN5O4. The van der Waals surface area contributed by atoms with Crippen LogP contribution in [0.3, 0.4) is 0 Å². The quantitative estimate of drug-likeness (QED) is 0.373. The second kappa shape index (κ2) is 11.9. The van der Waals surface area contributed by atoms with Gasteiger partial charge in [0.2, 0.25) is 11.8 Å².